The Kier molecular flexibility index (Phi) is 4.20. The van der Waals surface area contributed by atoms with Gasteiger partial charge in [0.25, 0.3) is 0 Å². The number of imidazole rings is 1. The minimum atomic E-state index is -0.246. The summed E-state index contributed by atoms with van der Waals surface area (Å²) in [5.41, 5.74) is 2.91. The highest BCUT2D eigenvalue weighted by Gasteiger charge is 2.17. The van der Waals surface area contributed by atoms with Crippen molar-refractivity contribution in [2.45, 2.75) is 19.4 Å². The summed E-state index contributed by atoms with van der Waals surface area (Å²) in [5.74, 6) is 0.732. The van der Waals surface area contributed by atoms with Gasteiger partial charge >= 0.3 is 0 Å². The molecule has 114 valence electrons. The molecule has 0 fully saturated rings. The Labute approximate surface area is 129 Å². The first-order valence-electron chi connectivity index (χ1n) is 7.56. The second-order valence-electron chi connectivity index (χ2n) is 5.47. The van der Waals surface area contributed by atoms with E-state index in [9.17, 15) is 4.39 Å². The molecule has 0 aliphatic heterocycles. The lowest BCUT2D eigenvalue weighted by molar-refractivity contribution is 0.606. The molecular weight excluding hydrogens is 277 g/mol. The number of halogens is 1. The van der Waals surface area contributed by atoms with Crippen molar-refractivity contribution in [1.29, 1.82) is 0 Å². The fourth-order valence-corrected chi connectivity index (χ4v) is 2.85. The molecule has 0 amide bonds. The minimum Gasteiger partial charge on any atom is -0.321 e. The highest BCUT2D eigenvalue weighted by atomic mass is 19.1. The zero-order valence-electron chi connectivity index (χ0n) is 12.9. The van der Waals surface area contributed by atoms with Crippen LogP contribution < -0.4 is 5.32 Å². The predicted octanol–water partition coefficient (Wildman–Crippen LogP) is 3.55. The van der Waals surface area contributed by atoms with Gasteiger partial charge in [-0.15, -0.1) is 0 Å². The molecule has 0 saturated carbocycles. The van der Waals surface area contributed by atoms with Gasteiger partial charge in [0.05, 0.1) is 17.1 Å². The quantitative estimate of drug-likeness (QED) is 0.780. The molecule has 22 heavy (non-hydrogen) atoms. The first kappa shape index (κ1) is 14.7. The average molecular weight is 297 g/mol. The molecule has 0 bridgehead atoms. The molecular formula is C18H20FN3. The SMILES string of the molecule is CNCCc1nc2cc(F)ccc2n1C(C)c1ccccc1. The lowest BCUT2D eigenvalue weighted by atomic mass is 10.1. The van der Waals surface area contributed by atoms with Crippen LogP contribution in [0.4, 0.5) is 4.39 Å². The van der Waals surface area contributed by atoms with Gasteiger partial charge in [0, 0.05) is 19.0 Å². The molecule has 0 aliphatic carbocycles. The van der Waals surface area contributed by atoms with Crippen LogP contribution in [0.3, 0.4) is 0 Å². The van der Waals surface area contributed by atoms with Crippen molar-refractivity contribution in [3.8, 4) is 0 Å². The summed E-state index contributed by atoms with van der Waals surface area (Å²) in [7, 11) is 1.92. The fourth-order valence-electron chi connectivity index (χ4n) is 2.85. The molecule has 1 unspecified atom stereocenters. The smallest absolute Gasteiger partial charge is 0.125 e. The summed E-state index contributed by atoms with van der Waals surface area (Å²) >= 11 is 0. The van der Waals surface area contributed by atoms with Gasteiger partial charge in [0.15, 0.2) is 0 Å². The van der Waals surface area contributed by atoms with E-state index in [0.717, 1.165) is 24.3 Å². The molecule has 0 spiro atoms. The third kappa shape index (κ3) is 2.74. The summed E-state index contributed by atoms with van der Waals surface area (Å²) in [6, 6.07) is 15.3. The molecule has 4 heteroatoms. The van der Waals surface area contributed by atoms with Crippen molar-refractivity contribution >= 4 is 11.0 Å². The third-order valence-electron chi connectivity index (χ3n) is 3.99. The van der Waals surface area contributed by atoms with Crippen molar-refractivity contribution in [2.75, 3.05) is 13.6 Å². The van der Waals surface area contributed by atoms with Gasteiger partial charge < -0.3 is 9.88 Å². The van der Waals surface area contributed by atoms with Crippen LogP contribution in [0.5, 0.6) is 0 Å². The van der Waals surface area contributed by atoms with Gasteiger partial charge in [0.1, 0.15) is 11.6 Å². The van der Waals surface area contributed by atoms with E-state index in [1.165, 1.54) is 17.7 Å². The topological polar surface area (TPSA) is 29.9 Å². The maximum absolute atomic E-state index is 13.5. The number of nitrogens with one attached hydrogen (secondary N) is 1. The van der Waals surface area contributed by atoms with Gasteiger partial charge in [-0.25, -0.2) is 9.37 Å². The summed E-state index contributed by atoms with van der Waals surface area (Å²) in [6.45, 7) is 3.00. The van der Waals surface area contributed by atoms with Gasteiger partial charge in [-0.3, -0.25) is 0 Å². The zero-order chi connectivity index (χ0) is 15.5. The summed E-state index contributed by atoms with van der Waals surface area (Å²) in [4.78, 5) is 4.64. The van der Waals surface area contributed by atoms with E-state index < -0.39 is 0 Å². The molecule has 1 N–H and O–H groups in total. The molecule has 3 rings (SSSR count). The molecule has 1 heterocycles. The van der Waals surface area contributed by atoms with E-state index in [2.05, 4.69) is 33.9 Å². The van der Waals surface area contributed by atoms with Crippen LogP contribution in [0.25, 0.3) is 11.0 Å². The van der Waals surface area contributed by atoms with Gasteiger partial charge in [-0.1, -0.05) is 30.3 Å². The van der Waals surface area contributed by atoms with Crippen LogP contribution in [-0.2, 0) is 6.42 Å². The molecule has 0 radical (unpaired) electrons. The van der Waals surface area contributed by atoms with Crippen LogP contribution in [0.15, 0.2) is 48.5 Å². The van der Waals surface area contributed by atoms with E-state index in [-0.39, 0.29) is 11.9 Å². The molecule has 0 aliphatic rings. The maximum Gasteiger partial charge on any atom is 0.125 e. The summed E-state index contributed by atoms with van der Waals surface area (Å²) in [5, 5.41) is 3.15. The predicted molar refractivity (Wildman–Crippen MR) is 87.6 cm³/mol. The standard InChI is InChI=1S/C18H20FN3/c1-13(14-6-4-3-5-7-14)22-17-9-8-15(19)12-16(17)21-18(22)10-11-20-2/h3-9,12-13,20H,10-11H2,1-2H3. The Bertz CT molecular complexity index is 765. The Balaban J connectivity index is 2.12. The van der Waals surface area contributed by atoms with Gasteiger partial charge in [0.2, 0.25) is 0 Å². The van der Waals surface area contributed by atoms with Crippen molar-refractivity contribution in [3.63, 3.8) is 0 Å². The highest BCUT2D eigenvalue weighted by molar-refractivity contribution is 5.76. The van der Waals surface area contributed by atoms with Gasteiger partial charge in [-0.2, -0.15) is 0 Å². The molecule has 1 aromatic heterocycles. The second kappa shape index (κ2) is 6.28. The number of rotatable bonds is 5. The molecule has 0 saturated heterocycles. The Morgan fingerprint density at radius 2 is 1.95 bits per heavy atom. The Hall–Kier alpha value is -2.20. The number of aromatic nitrogens is 2. The minimum absolute atomic E-state index is 0.156. The molecule has 1 atom stereocenters. The van der Waals surface area contributed by atoms with Crippen LogP contribution >= 0.6 is 0 Å². The first-order valence-corrected chi connectivity index (χ1v) is 7.56. The monoisotopic (exact) mass is 297 g/mol. The Morgan fingerprint density at radius 3 is 2.68 bits per heavy atom. The highest BCUT2D eigenvalue weighted by Crippen LogP contribution is 2.26. The largest absolute Gasteiger partial charge is 0.321 e. The van der Waals surface area contributed by atoms with Crippen LogP contribution in [0.2, 0.25) is 0 Å². The van der Waals surface area contributed by atoms with Crippen molar-refractivity contribution in [2.24, 2.45) is 0 Å². The summed E-state index contributed by atoms with van der Waals surface area (Å²) in [6.07, 6.45) is 0.809. The zero-order valence-corrected chi connectivity index (χ0v) is 12.9. The normalized spacial score (nSPS) is 12.7. The lowest BCUT2D eigenvalue weighted by Gasteiger charge is -2.18. The van der Waals surface area contributed by atoms with Crippen molar-refractivity contribution < 1.29 is 4.39 Å². The number of benzene rings is 2. The van der Waals surface area contributed by atoms with E-state index in [4.69, 9.17) is 0 Å². The van der Waals surface area contributed by atoms with E-state index in [1.807, 2.05) is 31.3 Å². The van der Waals surface area contributed by atoms with Crippen LogP contribution in [0, 0.1) is 5.82 Å². The molecule has 3 nitrogen and oxygen atoms in total. The first-order chi connectivity index (χ1) is 10.7. The number of likely N-dealkylation sites (N-methyl/N-ethyl adjacent to an activating group) is 1. The second-order valence-corrected chi connectivity index (χ2v) is 5.47. The number of nitrogens with zero attached hydrogens (tertiary/aromatic N) is 2. The lowest BCUT2D eigenvalue weighted by Crippen LogP contribution is -2.16. The van der Waals surface area contributed by atoms with Crippen LogP contribution in [-0.4, -0.2) is 23.1 Å². The van der Waals surface area contributed by atoms with Crippen molar-refractivity contribution in [3.05, 3.63) is 65.7 Å². The van der Waals surface area contributed by atoms with E-state index >= 15 is 0 Å². The third-order valence-corrected chi connectivity index (χ3v) is 3.99. The van der Waals surface area contributed by atoms with Gasteiger partial charge in [-0.05, 0) is 31.7 Å². The fraction of sp³-hybridized carbons (Fsp3) is 0.278. The molecule has 2 aromatic carbocycles. The number of fused-ring (bicyclic) bond motifs is 1. The van der Waals surface area contributed by atoms with Crippen molar-refractivity contribution in [1.82, 2.24) is 14.9 Å². The maximum atomic E-state index is 13.5. The number of hydrogen-bond donors (Lipinski definition) is 1. The van der Waals surface area contributed by atoms with Crippen LogP contribution in [0.1, 0.15) is 24.4 Å². The average Bonchev–Trinajstić information content (AvgIpc) is 2.90. The summed E-state index contributed by atoms with van der Waals surface area (Å²) < 4.78 is 15.7. The Morgan fingerprint density at radius 1 is 1.18 bits per heavy atom. The number of hydrogen-bond acceptors (Lipinski definition) is 2. The molecule has 3 aromatic rings. The van der Waals surface area contributed by atoms with E-state index in [1.54, 1.807) is 0 Å². The van der Waals surface area contributed by atoms with E-state index in [0.29, 0.717) is 5.52 Å².